The van der Waals surface area contributed by atoms with Gasteiger partial charge in [-0.1, -0.05) is 0 Å². The largest absolute Gasteiger partial charge is 0.351 e. The fourth-order valence-corrected chi connectivity index (χ4v) is 4.11. The molecule has 2 aromatic rings. The van der Waals surface area contributed by atoms with Gasteiger partial charge in [0.05, 0.1) is 6.42 Å². The average molecular weight is 287 g/mol. The van der Waals surface area contributed by atoms with Gasteiger partial charge in [-0.3, -0.25) is 4.79 Å². The zero-order valence-electron chi connectivity index (χ0n) is 11.2. The summed E-state index contributed by atoms with van der Waals surface area (Å²) in [7, 11) is 0. The van der Waals surface area contributed by atoms with Gasteiger partial charge in [0.15, 0.2) is 0 Å². The predicted octanol–water partition coefficient (Wildman–Crippen LogP) is 1.66. The molecule has 2 aromatic heterocycles. The summed E-state index contributed by atoms with van der Waals surface area (Å²) in [5.41, 5.74) is 0.997. The summed E-state index contributed by atoms with van der Waals surface area (Å²) in [4.78, 5) is 20.0. The number of piperidine rings is 1. The van der Waals surface area contributed by atoms with Crippen molar-refractivity contribution in [1.29, 1.82) is 0 Å². The van der Waals surface area contributed by atoms with Crippen molar-refractivity contribution in [3.63, 3.8) is 0 Å². The predicted molar refractivity (Wildman–Crippen MR) is 79.8 cm³/mol. The molecule has 1 N–H and O–H groups in total. The molecule has 3 atom stereocenters. The fourth-order valence-electron chi connectivity index (χ4n) is 3.39. The Balaban J connectivity index is 1.41. The van der Waals surface area contributed by atoms with Crippen molar-refractivity contribution < 1.29 is 4.79 Å². The van der Waals surface area contributed by atoms with Crippen LogP contribution in [-0.4, -0.2) is 41.5 Å². The van der Waals surface area contributed by atoms with E-state index in [1.54, 1.807) is 11.3 Å². The lowest BCUT2D eigenvalue weighted by Gasteiger charge is -2.23. The second-order valence-electron chi connectivity index (χ2n) is 5.82. The van der Waals surface area contributed by atoms with Crippen LogP contribution in [0.5, 0.6) is 0 Å². The zero-order chi connectivity index (χ0) is 13.5. The highest BCUT2D eigenvalue weighted by atomic mass is 32.1. The Labute approximate surface area is 121 Å². The lowest BCUT2D eigenvalue weighted by atomic mass is 10.00. The standard InChI is InChI=1S/C15H17N3OS/c19-14(17-13-9-18-3-1-12(13)8-18)6-10-5-11-2-4-20-15(11)16-7-10/h2,4-5,7,12-13H,1,3,6,8-9H2,(H,17,19). The van der Waals surface area contributed by atoms with E-state index in [1.807, 2.05) is 11.6 Å². The molecule has 5 heteroatoms. The first-order valence-electron chi connectivity index (χ1n) is 7.12. The Morgan fingerprint density at radius 3 is 3.25 bits per heavy atom. The third-order valence-electron chi connectivity index (χ3n) is 4.41. The normalized spacial score (nSPS) is 28.1. The van der Waals surface area contributed by atoms with Crippen LogP contribution in [0.15, 0.2) is 23.7 Å². The van der Waals surface area contributed by atoms with E-state index in [-0.39, 0.29) is 5.91 Å². The van der Waals surface area contributed by atoms with Crippen LogP contribution in [0.25, 0.3) is 10.2 Å². The van der Waals surface area contributed by atoms with E-state index < -0.39 is 0 Å². The van der Waals surface area contributed by atoms with Gasteiger partial charge >= 0.3 is 0 Å². The van der Waals surface area contributed by atoms with Gasteiger partial charge in [-0.25, -0.2) is 4.98 Å². The van der Waals surface area contributed by atoms with Gasteiger partial charge in [0, 0.05) is 30.7 Å². The SMILES string of the molecule is O=C(Cc1cnc2sccc2c1)NC1CN2CCC1C2. The monoisotopic (exact) mass is 287 g/mol. The van der Waals surface area contributed by atoms with Crippen molar-refractivity contribution in [1.82, 2.24) is 15.2 Å². The molecule has 2 bridgehead atoms. The number of carbonyl (C=O) groups excluding carboxylic acids is 1. The number of aromatic nitrogens is 1. The third-order valence-corrected chi connectivity index (χ3v) is 5.24. The van der Waals surface area contributed by atoms with E-state index in [4.69, 9.17) is 0 Å². The molecular weight excluding hydrogens is 270 g/mol. The minimum absolute atomic E-state index is 0.125. The van der Waals surface area contributed by atoms with Crippen molar-refractivity contribution in [2.24, 2.45) is 5.92 Å². The molecule has 2 fully saturated rings. The first-order valence-corrected chi connectivity index (χ1v) is 8.00. The summed E-state index contributed by atoms with van der Waals surface area (Å²) in [6, 6.07) is 4.48. The Morgan fingerprint density at radius 1 is 1.50 bits per heavy atom. The molecule has 0 aliphatic carbocycles. The van der Waals surface area contributed by atoms with E-state index in [1.165, 1.54) is 13.0 Å². The lowest BCUT2D eigenvalue weighted by molar-refractivity contribution is -0.121. The highest BCUT2D eigenvalue weighted by molar-refractivity contribution is 7.16. The van der Waals surface area contributed by atoms with Crippen LogP contribution >= 0.6 is 11.3 Å². The third kappa shape index (κ3) is 2.21. The molecule has 20 heavy (non-hydrogen) atoms. The molecule has 0 spiro atoms. The van der Waals surface area contributed by atoms with Crippen molar-refractivity contribution in [3.8, 4) is 0 Å². The molecular formula is C15H17N3OS. The second-order valence-corrected chi connectivity index (χ2v) is 6.71. The molecule has 1 amide bonds. The van der Waals surface area contributed by atoms with Gasteiger partial charge in [0.1, 0.15) is 4.83 Å². The highest BCUT2D eigenvalue weighted by Crippen LogP contribution is 2.27. The van der Waals surface area contributed by atoms with E-state index in [2.05, 4.69) is 27.3 Å². The summed E-state index contributed by atoms with van der Waals surface area (Å²) < 4.78 is 0. The van der Waals surface area contributed by atoms with Crippen LogP contribution < -0.4 is 5.32 Å². The molecule has 0 saturated carbocycles. The maximum Gasteiger partial charge on any atom is 0.224 e. The number of pyridine rings is 1. The quantitative estimate of drug-likeness (QED) is 0.934. The number of nitrogens with one attached hydrogen (secondary N) is 1. The summed E-state index contributed by atoms with van der Waals surface area (Å²) in [5.74, 6) is 0.788. The van der Waals surface area contributed by atoms with Crippen LogP contribution in [0.2, 0.25) is 0 Å². The second kappa shape index (κ2) is 4.82. The number of carbonyl (C=O) groups is 1. The minimum Gasteiger partial charge on any atom is -0.351 e. The van der Waals surface area contributed by atoms with Crippen LogP contribution in [0.1, 0.15) is 12.0 Å². The number of amides is 1. The smallest absolute Gasteiger partial charge is 0.224 e. The van der Waals surface area contributed by atoms with Gasteiger partial charge in [-0.15, -0.1) is 11.3 Å². The maximum absolute atomic E-state index is 12.2. The van der Waals surface area contributed by atoms with Gasteiger partial charge in [-0.05, 0) is 42.0 Å². The van der Waals surface area contributed by atoms with E-state index in [0.717, 1.165) is 28.9 Å². The number of nitrogens with zero attached hydrogens (tertiary/aromatic N) is 2. The number of hydrogen-bond donors (Lipinski definition) is 1. The van der Waals surface area contributed by atoms with E-state index >= 15 is 0 Å². The Bertz CT molecular complexity index is 653. The molecule has 2 aliphatic rings. The minimum atomic E-state index is 0.125. The molecule has 4 heterocycles. The summed E-state index contributed by atoms with van der Waals surface area (Å²) in [5, 5.41) is 6.36. The first-order chi connectivity index (χ1) is 9.78. The molecule has 0 radical (unpaired) electrons. The van der Waals surface area contributed by atoms with Crippen LogP contribution in [-0.2, 0) is 11.2 Å². The summed E-state index contributed by atoms with van der Waals surface area (Å²) in [6.45, 7) is 3.39. The molecule has 2 saturated heterocycles. The van der Waals surface area contributed by atoms with Crippen molar-refractivity contribution >= 4 is 27.5 Å². The molecule has 4 rings (SSSR count). The van der Waals surface area contributed by atoms with Crippen molar-refractivity contribution in [2.45, 2.75) is 18.9 Å². The lowest BCUT2D eigenvalue weighted by Crippen LogP contribution is -2.43. The Morgan fingerprint density at radius 2 is 2.45 bits per heavy atom. The number of fused-ring (bicyclic) bond motifs is 3. The molecule has 2 aliphatic heterocycles. The van der Waals surface area contributed by atoms with E-state index in [9.17, 15) is 4.79 Å². The Hall–Kier alpha value is -1.46. The number of hydrogen-bond acceptors (Lipinski definition) is 4. The van der Waals surface area contributed by atoms with Crippen LogP contribution in [0, 0.1) is 5.92 Å². The van der Waals surface area contributed by atoms with Gasteiger partial charge in [0.25, 0.3) is 0 Å². The number of thiophene rings is 1. The fraction of sp³-hybridized carbons (Fsp3) is 0.467. The van der Waals surface area contributed by atoms with Gasteiger partial charge in [-0.2, -0.15) is 0 Å². The van der Waals surface area contributed by atoms with E-state index in [0.29, 0.717) is 18.4 Å². The van der Waals surface area contributed by atoms with Crippen LogP contribution in [0.3, 0.4) is 0 Å². The highest BCUT2D eigenvalue weighted by Gasteiger charge is 2.38. The topological polar surface area (TPSA) is 45.2 Å². The summed E-state index contributed by atoms with van der Waals surface area (Å²) in [6.07, 6.45) is 3.48. The van der Waals surface area contributed by atoms with Crippen LogP contribution in [0.4, 0.5) is 0 Å². The molecule has 104 valence electrons. The number of rotatable bonds is 3. The average Bonchev–Trinajstić information content (AvgIpc) is 3.13. The van der Waals surface area contributed by atoms with Gasteiger partial charge in [0.2, 0.25) is 5.91 Å². The van der Waals surface area contributed by atoms with Gasteiger partial charge < -0.3 is 10.2 Å². The van der Waals surface area contributed by atoms with Crippen molar-refractivity contribution in [2.75, 3.05) is 19.6 Å². The Kier molecular flexibility index (Phi) is 2.97. The molecule has 4 nitrogen and oxygen atoms in total. The summed E-state index contributed by atoms with van der Waals surface area (Å²) >= 11 is 1.63. The molecule has 0 aromatic carbocycles. The van der Waals surface area contributed by atoms with Crippen molar-refractivity contribution in [3.05, 3.63) is 29.3 Å². The first kappa shape index (κ1) is 12.3. The molecule has 3 unspecified atom stereocenters. The zero-order valence-corrected chi connectivity index (χ0v) is 12.0. The maximum atomic E-state index is 12.2.